The van der Waals surface area contributed by atoms with Gasteiger partial charge in [-0.3, -0.25) is 0 Å². The molecule has 0 heterocycles. The largest absolute Gasteiger partial charge is 0.269 e. The van der Waals surface area contributed by atoms with Crippen molar-refractivity contribution in [2.45, 2.75) is 38.3 Å². The molecule has 0 bridgehead atoms. The third-order valence-electron chi connectivity index (χ3n) is 1.25. The van der Waals surface area contributed by atoms with Crippen molar-refractivity contribution in [1.29, 1.82) is 0 Å². The molecule has 0 saturated carbocycles. The van der Waals surface area contributed by atoms with Crippen LogP contribution in [0.5, 0.6) is 0 Å². The molecule has 0 fully saturated rings. The number of halogens is 3. The van der Waals surface area contributed by atoms with Crippen LogP contribution in [-0.2, 0) is 0 Å². The summed E-state index contributed by atoms with van der Waals surface area (Å²) in [6, 6.07) is 0. The summed E-state index contributed by atoms with van der Waals surface area (Å²) in [6.07, 6.45) is -2.86. The Hall–Kier alpha value is -0.210. The molecular formula is C7H12F3. The van der Waals surface area contributed by atoms with Gasteiger partial charge in [-0.2, -0.15) is 0 Å². The number of hydrogen-bond acceptors (Lipinski definition) is 0. The lowest BCUT2D eigenvalue weighted by molar-refractivity contribution is 0.0441. The molecule has 0 saturated heterocycles. The zero-order chi connectivity index (χ0) is 7.98. The lowest BCUT2D eigenvalue weighted by Crippen LogP contribution is -2.11. The Morgan fingerprint density at radius 1 is 1.10 bits per heavy atom. The minimum atomic E-state index is -2.81. The Morgan fingerprint density at radius 2 is 1.70 bits per heavy atom. The lowest BCUT2D eigenvalue weighted by atomic mass is 10.1. The molecule has 0 rings (SSSR count). The molecule has 0 amide bonds. The van der Waals surface area contributed by atoms with Crippen molar-refractivity contribution < 1.29 is 13.2 Å². The smallest absolute Gasteiger partial charge is 0.241 e. The first-order chi connectivity index (χ1) is 4.68. The van der Waals surface area contributed by atoms with Crippen LogP contribution in [0, 0.1) is 6.92 Å². The fourth-order valence-corrected chi connectivity index (χ4v) is 0.642. The van der Waals surface area contributed by atoms with Gasteiger partial charge in [0.1, 0.15) is 0 Å². The fraction of sp³-hybridized carbons (Fsp3) is 0.857. The van der Waals surface area contributed by atoms with E-state index >= 15 is 0 Å². The molecule has 1 radical (unpaired) electrons. The number of unbranched alkanes of at least 4 members (excludes halogenated alkanes) is 2. The van der Waals surface area contributed by atoms with Gasteiger partial charge in [0, 0.05) is 0 Å². The van der Waals surface area contributed by atoms with Crippen LogP contribution in [0.2, 0.25) is 0 Å². The van der Waals surface area contributed by atoms with Gasteiger partial charge in [-0.1, -0.05) is 26.2 Å². The summed E-state index contributed by atoms with van der Waals surface area (Å²) >= 11 is 0. The van der Waals surface area contributed by atoms with Gasteiger partial charge in [-0.25, -0.2) is 13.2 Å². The third kappa shape index (κ3) is 4.65. The maximum absolute atomic E-state index is 12.1. The molecule has 3 heteroatoms. The van der Waals surface area contributed by atoms with Crippen LogP contribution < -0.4 is 0 Å². The van der Waals surface area contributed by atoms with Gasteiger partial charge < -0.3 is 0 Å². The summed E-state index contributed by atoms with van der Waals surface area (Å²) in [5, 5.41) is 0. The maximum atomic E-state index is 12.1. The summed E-state index contributed by atoms with van der Waals surface area (Å²) in [5.74, 6) is 0. The summed E-state index contributed by atoms with van der Waals surface area (Å²) in [7, 11) is 0. The van der Waals surface area contributed by atoms with Crippen molar-refractivity contribution in [1.82, 2.24) is 0 Å². The van der Waals surface area contributed by atoms with Crippen molar-refractivity contribution in [3.05, 3.63) is 6.92 Å². The van der Waals surface area contributed by atoms with Crippen LogP contribution in [0.3, 0.4) is 0 Å². The van der Waals surface area contributed by atoms with E-state index in [1.165, 1.54) is 0 Å². The lowest BCUT2D eigenvalue weighted by Gasteiger charge is -2.04. The van der Waals surface area contributed by atoms with E-state index in [2.05, 4.69) is 6.92 Å². The van der Waals surface area contributed by atoms with Gasteiger partial charge in [-0.15, -0.1) is 0 Å². The van der Waals surface area contributed by atoms with E-state index in [1.807, 2.05) is 0 Å². The van der Waals surface area contributed by atoms with Gasteiger partial charge in [-0.05, 0) is 6.42 Å². The van der Waals surface area contributed by atoms with Crippen LogP contribution in [0.4, 0.5) is 13.2 Å². The second-order valence-electron chi connectivity index (χ2n) is 2.20. The van der Waals surface area contributed by atoms with Crippen LogP contribution >= 0.6 is 0 Å². The quantitative estimate of drug-likeness (QED) is 0.532. The number of alkyl halides is 3. The van der Waals surface area contributed by atoms with E-state index in [-0.39, 0.29) is 6.42 Å². The summed E-state index contributed by atoms with van der Waals surface area (Å²) in [6.45, 7) is 3.52. The predicted octanol–water partition coefficient (Wildman–Crippen LogP) is 2.98. The van der Waals surface area contributed by atoms with E-state index in [1.54, 1.807) is 0 Å². The zero-order valence-electron chi connectivity index (χ0n) is 5.82. The molecule has 61 valence electrons. The van der Waals surface area contributed by atoms with Crippen molar-refractivity contribution in [2.75, 3.05) is 0 Å². The fourth-order valence-electron chi connectivity index (χ4n) is 0.642. The molecule has 0 aromatic rings. The first-order valence-corrected chi connectivity index (χ1v) is 3.40. The minimum absolute atomic E-state index is 0.0345. The van der Waals surface area contributed by atoms with E-state index < -0.39 is 12.6 Å². The van der Waals surface area contributed by atoms with E-state index in [9.17, 15) is 13.2 Å². The van der Waals surface area contributed by atoms with Gasteiger partial charge in [0.05, 0.1) is 0 Å². The zero-order valence-corrected chi connectivity index (χ0v) is 5.82. The standard InChI is InChI=1S/C7H12F3/c1-2-3-4-5-6(8)7(9)10/h6-7H,1-5H2. The number of hydrogen-bond donors (Lipinski definition) is 0. The highest BCUT2D eigenvalue weighted by Gasteiger charge is 2.17. The minimum Gasteiger partial charge on any atom is -0.241 e. The maximum Gasteiger partial charge on any atom is 0.269 e. The van der Waals surface area contributed by atoms with Crippen molar-refractivity contribution >= 4 is 0 Å². The van der Waals surface area contributed by atoms with Crippen LogP contribution in [-0.4, -0.2) is 12.6 Å². The summed E-state index contributed by atoms with van der Waals surface area (Å²) in [4.78, 5) is 0. The molecule has 0 aliphatic rings. The van der Waals surface area contributed by atoms with Crippen LogP contribution in [0.1, 0.15) is 25.7 Å². The van der Waals surface area contributed by atoms with Gasteiger partial charge in [0.2, 0.25) is 0 Å². The molecule has 1 atom stereocenters. The molecule has 10 heavy (non-hydrogen) atoms. The monoisotopic (exact) mass is 153 g/mol. The molecule has 0 aromatic heterocycles. The normalized spacial score (nSPS) is 14.1. The van der Waals surface area contributed by atoms with Gasteiger partial charge >= 0.3 is 0 Å². The Bertz CT molecular complexity index is 73.3. The van der Waals surface area contributed by atoms with E-state index in [0.717, 1.165) is 6.42 Å². The van der Waals surface area contributed by atoms with Crippen molar-refractivity contribution in [3.63, 3.8) is 0 Å². The molecule has 0 N–H and O–H groups in total. The Labute approximate surface area is 59.4 Å². The molecule has 0 aliphatic heterocycles. The van der Waals surface area contributed by atoms with E-state index in [0.29, 0.717) is 12.8 Å². The average molecular weight is 153 g/mol. The Balaban J connectivity index is 3.13. The highest BCUT2D eigenvalue weighted by atomic mass is 19.3. The highest BCUT2D eigenvalue weighted by Crippen LogP contribution is 2.13. The Kier molecular flexibility index (Phi) is 5.45. The van der Waals surface area contributed by atoms with E-state index in [4.69, 9.17) is 0 Å². The topological polar surface area (TPSA) is 0 Å². The van der Waals surface area contributed by atoms with Gasteiger partial charge in [0.25, 0.3) is 6.43 Å². The average Bonchev–Trinajstić information content (AvgIpc) is 1.88. The SMILES string of the molecule is [CH2]CCCCC(F)C(F)F. The molecule has 0 spiro atoms. The molecule has 0 aliphatic carbocycles. The molecular weight excluding hydrogens is 141 g/mol. The van der Waals surface area contributed by atoms with Gasteiger partial charge in [0.15, 0.2) is 6.17 Å². The summed E-state index contributed by atoms with van der Waals surface area (Å²) in [5.41, 5.74) is 0. The van der Waals surface area contributed by atoms with Crippen molar-refractivity contribution in [3.8, 4) is 0 Å². The molecule has 1 unspecified atom stereocenters. The first kappa shape index (κ1) is 9.79. The number of rotatable bonds is 5. The summed E-state index contributed by atoms with van der Waals surface area (Å²) < 4.78 is 35.0. The second-order valence-corrected chi connectivity index (χ2v) is 2.20. The molecule has 0 aromatic carbocycles. The highest BCUT2D eigenvalue weighted by molar-refractivity contribution is 4.58. The predicted molar refractivity (Wildman–Crippen MR) is 34.7 cm³/mol. The van der Waals surface area contributed by atoms with Crippen molar-refractivity contribution in [2.24, 2.45) is 0 Å². The third-order valence-corrected chi connectivity index (χ3v) is 1.25. The van der Waals surface area contributed by atoms with Crippen LogP contribution in [0.25, 0.3) is 0 Å². The van der Waals surface area contributed by atoms with Crippen LogP contribution in [0.15, 0.2) is 0 Å². The second kappa shape index (κ2) is 5.57. The first-order valence-electron chi connectivity index (χ1n) is 3.40. The Morgan fingerprint density at radius 3 is 2.10 bits per heavy atom. The molecule has 0 nitrogen and oxygen atoms in total.